The fourth-order valence-corrected chi connectivity index (χ4v) is 11.6. The van der Waals surface area contributed by atoms with Gasteiger partial charge in [0.25, 0.3) is 0 Å². The van der Waals surface area contributed by atoms with Gasteiger partial charge < -0.3 is 34.2 Å². The summed E-state index contributed by atoms with van der Waals surface area (Å²) >= 11 is 0. The fourth-order valence-electron chi connectivity index (χ4n) is 9.97. The molecule has 0 aromatic rings. The average Bonchev–Trinajstić information content (AvgIpc) is 0.915. The normalized spacial score (nSPS) is 14.9. The molecule has 0 heterocycles. The number of rotatable bonds is 73. The smallest absolute Gasteiger partial charge is 0.463 e. The molecule has 0 amide bonds. The molecule has 0 spiro atoms. The number of carbonyl (C=O) groups excluding carboxylic acids is 3. The van der Waals surface area contributed by atoms with E-state index in [1.54, 1.807) is 0 Å². The van der Waals surface area contributed by atoms with Crippen molar-refractivity contribution in [1.29, 1.82) is 0 Å². The second-order valence-corrected chi connectivity index (χ2v) is 28.7. The molecular formula is C85H140O16P2. The van der Waals surface area contributed by atoms with Crippen molar-refractivity contribution in [3.63, 3.8) is 0 Å². The second kappa shape index (κ2) is 76.6. The number of unbranched alkanes of at least 4 members (excludes halogenated alkanes) is 22. The van der Waals surface area contributed by atoms with Gasteiger partial charge in [-0.2, -0.15) is 0 Å². The SMILES string of the molecule is CC/C=C\C/C=C\C/C=C\C/C=C\C/C=C\C/C=C\CCCCCCCCCCCCCCC(=O)OCC(O)COP(=O)(O)OCC(O)COP(=O)(O)OCC(COC(=O)CCCCCCCC/C=C\C/C=C\C/C=C\CCCCC)OC(=O)CCC/C=C\C/C=C\C/C=C\C/C=C\C/C=C\CC. The first-order valence-electron chi connectivity index (χ1n) is 39.4. The number of allylic oxidation sites excluding steroid dienone is 28. The first kappa shape index (κ1) is 97.9. The maximum Gasteiger partial charge on any atom is 0.472 e. The zero-order chi connectivity index (χ0) is 75.2. The van der Waals surface area contributed by atoms with Crippen molar-refractivity contribution in [3.05, 3.63) is 170 Å². The van der Waals surface area contributed by atoms with Crippen LogP contribution in [0.5, 0.6) is 0 Å². The molecule has 0 aliphatic rings. The Bertz CT molecular complexity index is 2550. The van der Waals surface area contributed by atoms with Gasteiger partial charge in [-0.05, 0) is 148 Å². The van der Waals surface area contributed by atoms with Gasteiger partial charge in [-0.1, -0.05) is 294 Å². The minimum absolute atomic E-state index is 0.0181. The topological polar surface area (TPSA) is 231 Å². The molecule has 0 rings (SSSR count). The van der Waals surface area contributed by atoms with Crippen LogP contribution in [0.2, 0.25) is 0 Å². The van der Waals surface area contributed by atoms with Crippen molar-refractivity contribution >= 4 is 33.6 Å². The Morgan fingerprint density at radius 2 is 0.524 bits per heavy atom. The summed E-state index contributed by atoms with van der Waals surface area (Å²) in [6, 6.07) is 0. The van der Waals surface area contributed by atoms with E-state index in [0.29, 0.717) is 25.7 Å². The predicted octanol–water partition coefficient (Wildman–Crippen LogP) is 23.2. The van der Waals surface area contributed by atoms with Gasteiger partial charge >= 0.3 is 33.6 Å². The number of phosphoric ester groups is 2. The second-order valence-electron chi connectivity index (χ2n) is 25.7. The highest BCUT2D eigenvalue weighted by Gasteiger charge is 2.29. The summed E-state index contributed by atoms with van der Waals surface area (Å²) in [5, 5.41) is 20.6. The summed E-state index contributed by atoms with van der Waals surface area (Å²) in [6.45, 7) is 2.33. The van der Waals surface area contributed by atoms with Gasteiger partial charge in [0.15, 0.2) is 6.10 Å². The Kier molecular flexibility index (Phi) is 72.8. The third-order valence-corrected chi connectivity index (χ3v) is 17.8. The predicted molar refractivity (Wildman–Crippen MR) is 426 cm³/mol. The zero-order valence-electron chi connectivity index (χ0n) is 63.9. The minimum atomic E-state index is -4.95. The van der Waals surface area contributed by atoms with Crippen LogP contribution in [0.3, 0.4) is 0 Å². The number of phosphoric acid groups is 2. The van der Waals surface area contributed by atoms with Gasteiger partial charge in [0.1, 0.15) is 25.4 Å². The van der Waals surface area contributed by atoms with Gasteiger partial charge in [-0.3, -0.25) is 32.5 Å². The molecule has 0 aliphatic carbocycles. The van der Waals surface area contributed by atoms with E-state index in [9.17, 15) is 43.5 Å². The van der Waals surface area contributed by atoms with E-state index in [2.05, 4.69) is 179 Å². The van der Waals surface area contributed by atoms with Crippen LogP contribution in [0, 0.1) is 0 Å². The molecular weight excluding hydrogens is 1340 g/mol. The average molecular weight is 1480 g/mol. The number of hydrogen-bond donors (Lipinski definition) is 4. The van der Waals surface area contributed by atoms with E-state index in [0.717, 1.165) is 154 Å². The molecule has 103 heavy (non-hydrogen) atoms. The molecule has 18 heteroatoms. The molecule has 0 fully saturated rings. The molecule has 0 aliphatic heterocycles. The molecule has 0 bridgehead atoms. The highest BCUT2D eigenvalue weighted by Crippen LogP contribution is 2.45. The van der Waals surface area contributed by atoms with E-state index >= 15 is 0 Å². The quantitative estimate of drug-likeness (QED) is 0.0146. The Labute approximate surface area is 624 Å². The maximum atomic E-state index is 12.9. The van der Waals surface area contributed by atoms with Crippen LogP contribution in [0.15, 0.2) is 170 Å². The molecule has 16 nitrogen and oxygen atoms in total. The number of hydrogen-bond acceptors (Lipinski definition) is 14. The molecule has 0 saturated carbocycles. The highest BCUT2D eigenvalue weighted by atomic mass is 31.2. The molecule has 0 aromatic heterocycles. The van der Waals surface area contributed by atoms with E-state index in [4.69, 9.17) is 32.3 Å². The molecule has 0 radical (unpaired) electrons. The van der Waals surface area contributed by atoms with Gasteiger partial charge in [0, 0.05) is 19.3 Å². The van der Waals surface area contributed by atoms with Crippen LogP contribution < -0.4 is 0 Å². The standard InChI is InChI=1S/C85H140O16P2/c1-4-7-10-13-16-19-22-25-28-31-33-34-35-36-37-38-39-40-41-42-43-44-46-49-50-53-56-59-62-65-68-71-83(88)95-74-80(86)75-97-102(91,92)98-76-81(87)77-99-103(93,94)100-79-82(101-85(90)73-70-67-64-61-58-55-52-47-30-27-24-21-18-15-12-9-6-3)78-96-84(89)72-69-66-63-60-57-54-51-48-45-32-29-26-23-20-17-14-11-8-5-2/h7,9-10,12,16-21,25-30,33-34,36-37,39-40,45,48,52,55,61,64,80-82,86-87H,4-6,8,11,13-15,22-24,31-32,35,38,41-44,46-47,49-51,53-54,56-60,62-63,65-79H2,1-3H3,(H,91,92)(H,93,94)/b10-7-,12-9-,19-16-,20-17-,21-18-,28-25-,29-26-,30-27-,34-33-,37-36-,40-39-,48-45-,55-52-,64-61-. The van der Waals surface area contributed by atoms with Crippen LogP contribution >= 0.6 is 15.6 Å². The lowest BCUT2D eigenvalue weighted by atomic mass is 10.0. The number of aliphatic hydroxyl groups is 2. The third-order valence-electron chi connectivity index (χ3n) is 15.9. The Morgan fingerprint density at radius 1 is 0.282 bits per heavy atom. The van der Waals surface area contributed by atoms with E-state index in [1.165, 1.54) is 70.6 Å². The summed E-state index contributed by atoms with van der Waals surface area (Å²) < 4.78 is 61.1. The van der Waals surface area contributed by atoms with Crippen LogP contribution in [0.4, 0.5) is 0 Å². The highest BCUT2D eigenvalue weighted by molar-refractivity contribution is 7.47. The maximum absolute atomic E-state index is 12.9. The lowest BCUT2D eigenvalue weighted by Gasteiger charge is -2.21. The molecule has 0 aromatic carbocycles. The number of aliphatic hydroxyl groups excluding tert-OH is 2. The van der Waals surface area contributed by atoms with Crippen LogP contribution in [-0.2, 0) is 55.8 Å². The van der Waals surface area contributed by atoms with Crippen molar-refractivity contribution in [2.75, 3.05) is 39.6 Å². The summed E-state index contributed by atoms with van der Waals surface area (Å²) in [6.07, 6.45) is 97.0. The Hall–Kier alpha value is -5.09. The molecule has 586 valence electrons. The van der Waals surface area contributed by atoms with Crippen molar-refractivity contribution in [2.24, 2.45) is 0 Å². The van der Waals surface area contributed by atoms with E-state index in [1.807, 2.05) is 12.2 Å². The van der Waals surface area contributed by atoms with Gasteiger partial charge in [-0.15, -0.1) is 0 Å². The van der Waals surface area contributed by atoms with Crippen LogP contribution in [-0.4, -0.2) is 95.9 Å². The van der Waals surface area contributed by atoms with Gasteiger partial charge in [-0.25, -0.2) is 9.13 Å². The minimum Gasteiger partial charge on any atom is -0.463 e. The first-order valence-corrected chi connectivity index (χ1v) is 42.4. The number of carbonyl (C=O) groups is 3. The first-order chi connectivity index (χ1) is 50.2. The molecule has 4 N–H and O–H groups in total. The van der Waals surface area contributed by atoms with Crippen LogP contribution in [0.1, 0.15) is 290 Å². The fraction of sp³-hybridized carbons (Fsp3) is 0.635. The van der Waals surface area contributed by atoms with Gasteiger partial charge in [0.2, 0.25) is 0 Å². The van der Waals surface area contributed by atoms with E-state index in [-0.39, 0.29) is 19.3 Å². The molecule has 0 saturated heterocycles. The lowest BCUT2D eigenvalue weighted by molar-refractivity contribution is -0.161. The van der Waals surface area contributed by atoms with Crippen molar-refractivity contribution in [3.8, 4) is 0 Å². The van der Waals surface area contributed by atoms with Crippen molar-refractivity contribution in [1.82, 2.24) is 0 Å². The number of esters is 3. The van der Waals surface area contributed by atoms with Crippen LogP contribution in [0.25, 0.3) is 0 Å². The number of ether oxygens (including phenoxy) is 3. The lowest BCUT2D eigenvalue weighted by Crippen LogP contribution is -2.30. The van der Waals surface area contributed by atoms with Crippen molar-refractivity contribution in [2.45, 2.75) is 309 Å². The summed E-state index contributed by atoms with van der Waals surface area (Å²) in [7, 11) is -9.82. The summed E-state index contributed by atoms with van der Waals surface area (Å²) in [5.41, 5.74) is 0. The monoisotopic (exact) mass is 1480 g/mol. The summed E-state index contributed by atoms with van der Waals surface area (Å²) in [5.74, 6) is -1.67. The summed E-state index contributed by atoms with van der Waals surface area (Å²) in [4.78, 5) is 58.6. The van der Waals surface area contributed by atoms with Gasteiger partial charge in [0.05, 0.1) is 26.4 Å². The Morgan fingerprint density at radius 3 is 0.845 bits per heavy atom. The largest absolute Gasteiger partial charge is 0.472 e. The third kappa shape index (κ3) is 77.8. The van der Waals surface area contributed by atoms with E-state index < -0.39 is 91.5 Å². The zero-order valence-corrected chi connectivity index (χ0v) is 65.7. The molecule has 5 unspecified atom stereocenters. The Balaban J connectivity index is 4.58. The van der Waals surface area contributed by atoms with Crippen molar-refractivity contribution < 1.29 is 75.8 Å². The molecule has 5 atom stereocenters.